The Morgan fingerprint density at radius 1 is 1.16 bits per heavy atom. The van der Waals surface area contributed by atoms with E-state index in [0.717, 1.165) is 0 Å². The predicted molar refractivity (Wildman–Crippen MR) is 116 cm³/mol. The van der Waals surface area contributed by atoms with E-state index in [-0.39, 0.29) is 29.5 Å². The van der Waals surface area contributed by atoms with Gasteiger partial charge in [0.2, 0.25) is 5.91 Å². The van der Waals surface area contributed by atoms with E-state index in [2.05, 4.69) is 10.6 Å². The van der Waals surface area contributed by atoms with Crippen LogP contribution in [0.15, 0.2) is 42.5 Å². The summed E-state index contributed by atoms with van der Waals surface area (Å²) in [5.74, 6) is -1.56. The van der Waals surface area contributed by atoms with Crippen molar-refractivity contribution in [3.05, 3.63) is 63.2 Å². The second kappa shape index (κ2) is 11.7. The Kier molecular flexibility index (Phi) is 8.96. The average molecular weight is 464 g/mol. The van der Waals surface area contributed by atoms with E-state index >= 15 is 0 Å². The molecule has 1 atom stereocenters. The summed E-state index contributed by atoms with van der Waals surface area (Å²) in [6.07, 6.45) is -0.225. The van der Waals surface area contributed by atoms with E-state index in [9.17, 15) is 24.5 Å². The maximum Gasteiger partial charge on any atom is 0.308 e. The van der Waals surface area contributed by atoms with Crippen molar-refractivity contribution in [1.29, 1.82) is 0 Å². The third-order valence-electron chi connectivity index (χ3n) is 4.14. The van der Waals surface area contributed by atoms with E-state index in [1.807, 2.05) is 0 Å². The summed E-state index contributed by atoms with van der Waals surface area (Å²) in [5.41, 5.74) is 0.219. The first kappa shape index (κ1) is 24.6. The van der Waals surface area contributed by atoms with Gasteiger partial charge in [-0.2, -0.15) is 0 Å². The third kappa shape index (κ3) is 7.55. The molecule has 32 heavy (non-hydrogen) atoms. The maximum atomic E-state index is 12.2. The second-order valence-corrected chi connectivity index (χ2v) is 7.02. The number of ether oxygens (including phenoxy) is 2. The van der Waals surface area contributed by atoms with Crippen molar-refractivity contribution in [2.24, 2.45) is 0 Å². The largest absolute Gasteiger partial charge is 0.494 e. The van der Waals surface area contributed by atoms with Gasteiger partial charge in [0.15, 0.2) is 6.61 Å². The summed E-state index contributed by atoms with van der Waals surface area (Å²) in [5, 5.41) is 16.7. The van der Waals surface area contributed by atoms with Crippen LogP contribution in [0.5, 0.6) is 5.75 Å². The number of carbonyl (C=O) groups is 3. The minimum atomic E-state index is -0.756. The lowest BCUT2D eigenvalue weighted by Crippen LogP contribution is -2.29. The highest BCUT2D eigenvalue weighted by Crippen LogP contribution is 2.29. The highest BCUT2D eigenvalue weighted by Gasteiger charge is 2.21. The summed E-state index contributed by atoms with van der Waals surface area (Å²) in [4.78, 5) is 46.4. The number of nitro benzene ring substituents is 1. The molecular weight excluding hydrogens is 442 g/mol. The summed E-state index contributed by atoms with van der Waals surface area (Å²) in [6.45, 7) is 2.72. The Hall–Kier alpha value is -3.66. The molecule has 2 N–H and O–H groups in total. The minimum Gasteiger partial charge on any atom is -0.494 e. The number of hydrogen-bond acceptors (Lipinski definition) is 7. The van der Waals surface area contributed by atoms with Crippen LogP contribution in [0.2, 0.25) is 5.02 Å². The summed E-state index contributed by atoms with van der Waals surface area (Å²) in [6, 6.07) is 9.88. The molecule has 0 saturated carbocycles. The highest BCUT2D eigenvalue weighted by molar-refractivity contribution is 6.30. The molecule has 0 aliphatic heterocycles. The zero-order valence-corrected chi connectivity index (χ0v) is 18.2. The van der Waals surface area contributed by atoms with Crippen molar-refractivity contribution in [2.75, 3.05) is 18.5 Å². The predicted octanol–water partition coefficient (Wildman–Crippen LogP) is 3.40. The van der Waals surface area contributed by atoms with E-state index in [1.165, 1.54) is 25.1 Å². The molecule has 11 heteroatoms. The Morgan fingerprint density at radius 3 is 2.44 bits per heavy atom. The molecule has 170 valence electrons. The summed E-state index contributed by atoms with van der Waals surface area (Å²) < 4.78 is 10.2. The quantitative estimate of drug-likeness (QED) is 0.313. The van der Waals surface area contributed by atoms with Gasteiger partial charge in [-0.1, -0.05) is 23.7 Å². The van der Waals surface area contributed by atoms with Gasteiger partial charge >= 0.3 is 5.97 Å². The molecule has 0 spiro atoms. The monoisotopic (exact) mass is 463 g/mol. The first-order valence-electron chi connectivity index (χ1n) is 9.58. The number of amides is 2. The van der Waals surface area contributed by atoms with Crippen LogP contribution in [0.4, 0.5) is 11.4 Å². The Bertz CT molecular complexity index is 995. The van der Waals surface area contributed by atoms with Crippen LogP contribution in [-0.4, -0.2) is 35.9 Å². The van der Waals surface area contributed by atoms with Crippen LogP contribution in [0.1, 0.15) is 31.9 Å². The molecule has 0 fully saturated rings. The fourth-order valence-corrected chi connectivity index (χ4v) is 2.90. The van der Waals surface area contributed by atoms with Crippen LogP contribution in [0.3, 0.4) is 0 Å². The van der Waals surface area contributed by atoms with Crippen LogP contribution >= 0.6 is 11.6 Å². The van der Waals surface area contributed by atoms with Gasteiger partial charge in [-0.25, -0.2) is 0 Å². The van der Waals surface area contributed by atoms with Gasteiger partial charge in [0.25, 0.3) is 11.6 Å². The second-order valence-electron chi connectivity index (χ2n) is 6.59. The van der Waals surface area contributed by atoms with Gasteiger partial charge < -0.3 is 20.1 Å². The Labute approximate surface area is 189 Å². The Balaban J connectivity index is 1.98. The van der Waals surface area contributed by atoms with E-state index in [4.69, 9.17) is 21.1 Å². The standard InChI is InChI=1S/C21H22ClN3O7/c1-3-31-16-8-9-17(19(10-16)25(29)30)24-20(27)12-32-21(28)11-18(23-13(2)26)14-4-6-15(22)7-5-14/h4-10,18H,3,11-12H2,1-2H3,(H,23,26)(H,24,27). The molecule has 0 aliphatic rings. The normalized spacial score (nSPS) is 11.2. The van der Waals surface area contributed by atoms with Crippen molar-refractivity contribution in [3.63, 3.8) is 0 Å². The van der Waals surface area contributed by atoms with Crippen LogP contribution in [0.25, 0.3) is 0 Å². The molecule has 2 rings (SSSR count). The van der Waals surface area contributed by atoms with Gasteiger partial charge in [-0.3, -0.25) is 24.5 Å². The molecule has 2 amide bonds. The number of rotatable bonds is 10. The minimum absolute atomic E-state index is 0.0585. The van der Waals surface area contributed by atoms with Gasteiger partial charge in [0.1, 0.15) is 11.4 Å². The van der Waals surface area contributed by atoms with Crippen molar-refractivity contribution in [1.82, 2.24) is 5.32 Å². The fourth-order valence-electron chi connectivity index (χ4n) is 2.78. The van der Waals surface area contributed by atoms with Gasteiger partial charge in [0, 0.05) is 11.9 Å². The molecule has 10 nitrogen and oxygen atoms in total. The van der Waals surface area contributed by atoms with Crippen molar-refractivity contribution < 1.29 is 28.8 Å². The molecule has 0 bridgehead atoms. The van der Waals surface area contributed by atoms with E-state index in [1.54, 1.807) is 31.2 Å². The molecule has 0 heterocycles. The zero-order valence-electron chi connectivity index (χ0n) is 17.4. The maximum absolute atomic E-state index is 12.2. The highest BCUT2D eigenvalue weighted by atomic mass is 35.5. The number of hydrogen-bond donors (Lipinski definition) is 2. The first-order chi connectivity index (χ1) is 15.2. The van der Waals surface area contributed by atoms with Crippen LogP contribution in [0, 0.1) is 10.1 Å². The molecule has 0 aromatic heterocycles. The number of benzene rings is 2. The molecule has 0 saturated heterocycles. The number of nitro groups is 1. The number of carbonyl (C=O) groups excluding carboxylic acids is 3. The number of nitrogens with one attached hydrogen (secondary N) is 2. The number of halogens is 1. The summed E-state index contributed by atoms with van der Waals surface area (Å²) >= 11 is 5.86. The topological polar surface area (TPSA) is 137 Å². The molecule has 0 radical (unpaired) electrons. The van der Waals surface area contributed by atoms with Crippen LogP contribution in [-0.2, 0) is 19.1 Å². The molecule has 1 unspecified atom stereocenters. The van der Waals surface area contributed by atoms with E-state index < -0.39 is 29.4 Å². The summed E-state index contributed by atoms with van der Waals surface area (Å²) in [7, 11) is 0. The first-order valence-corrected chi connectivity index (χ1v) is 9.96. The van der Waals surface area contributed by atoms with Gasteiger partial charge in [0.05, 0.1) is 30.1 Å². The van der Waals surface area contributed by atoms with Gasteiger partial charge in [-0.05, 0) is 36.8 Å². The zero-order chi connectivity index (χ0) is 23.7. The molecule has 2 aromatic carbocycles. The van der Waals surface area contributed by atoms with Crippen LogP contribution < -0.4 is 15.4 Å². The molecular formula is C21H22ClN3O7. The fraction of sp³-hybridized carbons (Fsp3) is 0.286. The lowest BCUT2D eigenvalue weighted by Gasteiger charge is -2.17. The van der Waals surface area contributed by atoms with E-state index in [0.29, 0.717) is 17.2 Å². The number of anilines is 1. The van der Waals surface area contributed by atoms with Crippen molar-refractivity contribution in [2.45, 2.75) is 26.3 Å². The van der Waals surface area contributed by atoms with Gasteiger partial charge in [-0.15, -0.1) is 0 Å². The van der Waals surface area contributed by atoms with Crippen molar-refractivity contribution in [3.8, 4) is 5.75 Å². The smallest absolute Gasteiger partial charge is 0.308 e. The number of esters is 1. The third-order valence-corrected chi connectivity index (χ3v) is 4.39. The average Bonchev–Trinajstić information content (AvgIpc) is 2.73. The van der Waals surface area contributed by atoms with Crippen molar-refractivity contribution >= 4 is 40.8 Å². The number of nitrogens with zero attached hydrogens (tertiary/aromatic N) is 1. The lowest BCUT2D eigenvalue weighted by molar-refractivity contribution is -0.384. The Morgan fingerprint density at radius 2 is 1.84 bits per heavy atom. The lowest BCUT2D eigenvalue weighted by atomic mass is 10.0. The SMILES string of the molecule is CCOc1ccc(NC(=O)COC(=O)CC(NC(C)=O)c2ccc(Cl)cc2)c([N+](=O)[O-])c1. The molecule has 0 aliphatic carbocycles. The molecule has 2 aromatic rings.